The lowest BCUT2D eigenvalue weighted by atomic mass is 10.0. The number of rotatable bonds is 5. The molecule has 10 heteroatoms. The molecule has 0 heterocycles. The number of carboxylic acid groups (broad SMARTS) is 1. The summed E-state index contributed by atoms with van der Waals surface area (Å²) in [4.78, 5) is 10.1. The first-order valence-corrected chi connectivity index (χ1v) is 3.47. The molecular formula is C6H18MgO9. The highest BCUT2D eigenvalue weighted by Crippen LogP contribution is 2.04. The van der Waals surface area contributed by atoms with E-state index in [-0.39, 0.29) is 34.0 Å². The highest BCUT2D eigenvalue weighted by Gasteiger charge is 2.33. The first-order valence-electron chi connectivity index (χ1n) is 3.47. The third-order valence-electron chi connectivity index (χ3n) is 1.51. The van der Waals surface area contributed by atoms with Crippen molar-refractivity contribution in [1.82, 2.24) is 0 Å². The lowest BCUT2D eigenvalue weighted by Gasteiger charge is -2.23. The summed E-state index contributed by atoms with van der Waals surface area (Å²) in [5, 5.41) is 51.8. The quantitative estimate of drug-likeness (QED) is 0.263. The summed E-state index contributed by atoms with van der Waals surface area (Å²) < 4.78 is 0. The summed E-state index contributed by atoms with van der Waals surface area (Å²) >= 11 is 0. The van der Waals surface area contributed by atoms with Crippen LogP contribution >= 0.6 is 0 Å². The minimum Gasteiger partial charge on any atom is -0.479 e. The van der Waals surface area contributed by atoms with Crippen LogP contribution in [0.15, 0.2) is 0 Å². The van der Waals surface area contributed by atoms with Crippen LogP contribution in [0.4, 0.5) is 0 Å². The van der Waals surface area contributed by atoms with Crippen LogP contribution in [-0.4, -0.2) is 102 Å². The minimum atomic E-state index is -2.20. The number of carboxylic acids is 1. The van der Waals surface area contributed by atoms with Crippen LogP contribution < -0.4 is 0 Å². The lowest BCUT2D eigenvalue weighted by molar-refractivity contribution is -0.164. The third-order valence-corrected chi connectivity index (χ3v) is 1.51. The fourth-order valence-electron chi connectivity index (χ4n) is 0.668. The van der Waals surface area contributed by atoms with E-state index in [4.69, 9.17) is 30.6 Å². The Labute approximate surface area is 107 Å². The lowest BCUT2D eigenvalue weighted by Crippen LogP contribution is -2.48. The van der Waals surface area contributed by atoms with Gasteiger partial charge in [-0.2, -0.15) is 0 Å². The van der Waals surface area contributed by atoms with Crippen LogP contribution in [0.2, 0.25) is 0 Å². The Bertz CT molecular complexity index is 177. The van der Waals surface area contributed by atoms with E-state index in [1.165, 1.54) is 0 Å². The summed E-state index contributed by atoms with van der Waals surface area (Å²) in [6.07, 6.45) is -7.84. The Morgan fingerprint density at radius 3 is 1.62 bits per heavy atom. The van der Waals surface area contributed by atoms with Gasteiger partial charge in [-0.05, 0) is 0 Å². The van der Waals surface area contributed by atoms with E-state index in [0.717, 1.165) is 0 Å². The van der Waals surface area contributed by atoms with E-state index in [1.807, 2.05) is 0 Å². The van der Waals surface area contributed by atoms with Gasteiger partial charge in [0.25, 0.3) is 0 Å². The number of aliphatic hydroxyl groups excluding tert-OH is 5. The second-order valence-electron chi connectivity index (χ2n) is 2.51. The van der Waals surface area contributed by atoms with Gasteiger partial charge in [0.05, 0.1) is 6.61 Å². The summed E-state index contributed by atoms with van der Waals surface area (Å²) in [7, 11) is 0. The maximum atomic E-state index is 10.1. The van der Waals surface area contributed by atoms with Crippen LogP contribution in [0.1, 0.15) is 0 Å². The smallest absolute Gasteiger partial charge is 0.335 e. The molecule has 0 bridgehead atoms. The number of aliphatic hydroxyl groups is 5. The molecule has 0 rings (SSSR count). The predicted octanol–water partition coefficient (Wildman–Crippen LogP) is -6.06. The van der Waals surface area contributed by atoms with Crippen LogP contribution in [0.3, 0.4) is 0 Å². The van der Waals surface area contributed by atoms with Gasteiger partial charge in [-0.25, -0.2) is 4.79 Å². The highest BCUT2D eigenvalue weighted by atomic mass is 24.3. The second-order valence-corrected chi connectivity index (χ2v) is 2.51. The molecule has 10 N–H and O–H groups in total. The molecule has 0 fully saturated rings. The molecule has 0 aliphatic carbocycles. The average Bonchev–Trinajstić information content (AvgIpc) is 2.12. The monoisotopic (exact) mass is 258 g/mol. The predicted molar refractivity (Wildman–Crippen MR) is 54.5 cm³/mol. The molecule has 98 valence electrons. The molecule has 0 unspecified atom stereocenters. The van der Waals surface area contributed by atoms with Gasteiger partial charge in [0, 0.05) is 0 Å². The van der Waals surface area contributed by atoms with Gasteiger partial charge >= 0.3 is 29.0 Å². The van der Waals surface area contributed by atoms with Crippen LogP contribution in [0.25, 0.3) is 0 Å². The van der Waals surface area contributed by atoms with E-state index in [1.54, 1.807) is 0 Å². The van der Waals surface area contributed by atoms with E-state index in [2.05, 4.69) is 0 Å². The molecule has 0 radical (unpaired) electrons. The molecule has 0 aromatic carbocycles. The SMILES string of the molecule is O.O.O=C(O)[C@H](O)[C@@H](O)[C@H](O)[C@H](O)CO.[MgH2]. The van der Waals surface area contributed by atoms with E-state index in [0.29, 0.717) is 0 Å². The summed E-state index contributed by atoms with van der Waals surface area (Å²) in [6, 6.07) is 0. The van der Waals surface area contributed by atoms with E-state index in [9.17, 15) is 4.79 Å². The summed E-state index contributed by atoms with van der Waals surface area (Å²) in [5.74, 6) is -1.73. The van der Waals surface area contributed by atoms with Crippen molar-refractivity contribution in [3.8, 4) is 0 Å². The average molecular weight is 259 g/mol. The van der Waals surface area contributed by atoms with Gasteiger partial charge in [-0.15, -0.1) is 0 Å². The number of carbonyl (C=O) groups is 1. The molecule has 0 aliphatic rings. The number of aliphatic carboxylic acids is 1. The Balaban J connectivity index is -0.000000240. The standard InChI is InChI=1S/C6H12O7.Mg.2H2O.2H/c7-1-2(8)3(9)4(10)5(11)6(12)13;;;;;/h2-5,7-11H,1H2,(H,12,13);;2*1H2;;/t2-,3-,4+,5-;;;;;/m1...../s1. The Morgan fingerprint density at radius 2 is 1.38 bits per heavy atom. The van der Waals surface area contributed by atoms with E-state index < -0.39 is 37.0 Å². The zero-order chi connectivity index (χ0) is 10.6. The summed E-state index contributed by atoms with van der Waals surface area (Å²) in [5.41, 5.74) is 0. The van der Waals surface area contributed by atoms with Gasteiger partial charge in [0.2, 0.25) is 0 Å². The molecule has 4 atom stereocenters. The minimum absolute atomic E-state index is 0. The fraction of sp³-hybridized carbons (Fsp3) is 0.833. The molecule has 0 aromatic heterocycles. The van der Waals surface area contributed by atoms with Crippen molar-refractivity contribution in [3.63, 3.8) is 0 Å². The Hall–Kier alpha value is -0.0438. The first kappa shape index (κ1) is 25.0. The first-order chi connectivity index (χ1) is 5.91. The van der Waals surface area contributed by atoms with Crippen molar-refractivity contribution in [2.45, 2.75) is 24.4 Å². The largest absolute Gasteiger partial charge is 0.479 e. The van der Waals surface area contributed by atoms with Gasteiger partial charge in [-0.1, -0.05) is 0 Å². The zero-order valence-corrected chi connectivity index (χ0v) is 7.61. The Kier molecular flexibility index (Phi) is 17.9. The molecule has 0 spiro atoms. The van der Waals surface area contributed by atoms with Gasteiger partial charge in [0.15, 0.2) is 6.10 Å². The van der Waals surface area contributed by atoms with Crippen LogP contribution in [0.5, 0.6) is 0 Å². The number of hydrogen-bond acceptors (Lipinski definition) is 6. The van der Waals surface area contributed by atoms with Crippen molar-refractivity contribution in [2.24, 2.45) is 0 Å². The van der Waals surface area contributed by atoms with Crippen molar-refractivity contribution < 1.29 is 46.4 Å². The molecule has 0 saturated carbocycles. The molecular weight excluding hydrogens is 240 g/mol. The molecule has 0 saturated heterocycles. The molecule has 16 heavy (non-hydrogen) atoms. The maximum Gasteiger partial charge on any atom is 0.335 e. The van der Waals surface area contributed by atoms with Crippen LogP contribution in [0, 0.1) is 0 Å². The summed E-state index contributed by atoms with van der Waals surface area (Å²) in [6.45, 7) is -0.843. The number of hydrogen-bond donors (Lipinski definition) is 6. The van der Waals surface area contributed by atoms with Crippen molar-refractivity contribution in [2.75, 3.05) is 6.61 Å². The highest BCUT2D eigenvalue weighted by molar-refractivity contribution is 5.75. The second kappa shape index (κ2) is 11.4. The molecule has 9 nitrogen and oxygen atoms in total. The molecule has 0 aliphatic heterocycles. The van der Waals surface area contributed by atoms with Crippen molar-refractivity contribution in [1.29, 1.82) is 0 Å². The van der Waals surface area contributed by atoms with Crippen molar-refractivity contribution >= 4 is 29.0 Å². The normalized spacial score (nSPS) is 16.6. The van der Waals surface area contributed by atoms with Gasteiger partial charge in [-0.3, -0.25) is 0 Å². The zero-order valence-electron chi connectivity index (χ0n) is 7.61. The third kappa shape index (κ3) is 7.27. The topological polar surface area (TPSA) is 201 Å². The van der Waals surface area contributed by atoms with Crippen LogP contribution in [-0.2, 0) is 4.79 Å². The fourth-order valence-corrected chi connectivity index (χ4v) is 0.668. The Morgan fingerprint density at radius 1 is 1.00 bits per heavy atom. The van der Waals surface area contributed by atoms with Gasteiger partial charge in [0.1, 0.15) is 18.3 Å². The van der Waals surface area contributed by atoms with E-state index >= 15 is 0 Å². The van der Waals surface area contributed by atoms with Gasteiger partial charge < -0.3 is 41.6 Å². The maximum absolute atomic E-state index is 10.1. The molecule has 0 amide bonds. The molecule has 0 aromatic rings. The van der Waals surface area contributed by atoms with Crippen molar-refractivity contribution in [3.05, 3.63) is 0 Å².